The van der Waals surface area contributed by atoms with E-state index >= 15 is 0 Å². The fourth-order valence-corrected chi connectivity index (χ4v) is 3.47. The van der Waals surface area contributed by atoms with Crippen molar-refractivity contribution in [3.05, 3.63) is 0 Å². The maximum atomic E-state index is 3.57. The molecule has 94 valence electrons. The molecule has 1 saturated heterocycles. The van der Waals surface area contributed by atoms with E-state index in [2.05, 4.69) is 22.4 Å². The van der Waals surface area contributed by atoms with Crippen LogP contribution in [0.15, 0.2) is 0 Å². The van der Waals surface area contributed by atoms with Crippen molar-refractivity contribution in [1.82, 2.24) is 10.6 Å². The smallest absolute Gasteiger partial charge is 0.00716 e. The van der Waals surface area contributed by atoms with Crippen molar-refractivity contribution in [1.29, 1.82) is 0 Å². The molecule has 1 saturated carbocycles. The molecule has 2 nitrogen and oxygen atoms in total. The lowest BCUT2D eigenvalue weighted by atomic mass is 10.2. The lowest BCUT2D eigenvalue weighted by molar-refractivity contribution is 0.531. The van der Waals surface area contributed by atoms with Gasteiger partial charge in [0, 0.05) is 17.5 Å². The predicted octanol–water partition coefficient (Wildman–Crippen LogP) is 2.25. The number of thioether (sulfide) groups is 1. The highest BCUT2D eigenvalue weighted by Gasteiger charge is 2.19. The fourth-order valence-electron chi connectivity index (χ4n) is 2.31. The van der Waals surface area contributed by atoms with Crippen LogP contribution in [0.2, 0.25) is 0 Å². The molecule has 0 aromatic rings. The van der Waals surface area contributed by atoms with Gasteiger partial charge in [-0.3, -0.25) is 0 Å². The van der Waals surface area contributed by atoms with Crippen molar-refractivity contribution in [3.63, 3.8) is 0 Å². The van der Waals surface area contributed by atoms with E-state index in [1.807, 2.05) is 0 Å². The maximum absolute atomic E-state index is 3.57. The van der Waals surface area contributed by atoms with E-state index in [9.17, 15) is 0 Å². The third-order valence-corrected chi connectivity index (χ3v) is 4.96. The first-order valence-corrected chi connectivity index (χ1v) is 8.03. The topological polar surface area (TPSA) is 24.1 Å². The van der Waals surface area contributed by atoms with E-state index in [0.717, 1.165) is 11.2 Å². The van der Waals surface area contributed by atoms with Gasteiger partial charge in [0.2, 0.25) is 0 Å². The van der Waals surface area contributed by atoms with E-state index in [4.69, 9.17) is 0 Å². The number of nitrogens with one attached hydrogen (secondary N) is 2. The molecule has 1 aliphatic carbocycles. The van der Waals surface area contributed by atoms with E-state index in [1.165, 1.54) is 70.5 Å². The molecule has 0 amide bonds. The number of piperidine rings is 1. The number of hydrogen-bond donors (Lipinski definition) is 2. The van der Waals surface area contributed by atoms with Crippen LogP contribution >= 0.6 is 11.8 Å². The summed E-state index contributed by atoms with van der Waals surface area (Å²) in [4.78, 5) is 0. The Morgan fingerprint density at radius 1 is 1.06 bits per heavy atom. The highest BCUT2D eigenvalue weighted by atomic mass is 32.2. The van der Waals surface area contributed by atoms with Crippen LogP contribution < -0.4 is 10.6 Å². The Balaban J connectivity index is 1.33. The predicted molar refractivity (Wildman–Crippen MR) is 73.2 cm³/mol. The van der Waals surface area contributed by atoms with Crippen molar-refractivity contribution in [3.8, 4) is 0 Å². The zero-order valence-corrected chi connectivity index (χ0v) is 11.2. The van der Waals surface area contributed by atoms with E-state index < -0.39 is 0 Å². The van der Waals surface area contributed by atoms with Crippen molar-refractivity contribution in [2.75, 3.05) is 31.9 Å². The second kappa shape index (κ2) is 7.57. The average molecular weight is 242 g/mol. The van der Waals surface area contributed by atoms with Gasteiger partial charge in [0.25, 0.3) is 0 Å². The molecule has 2 aliphatic rings. The Morgan fingerprint density at radius 2 is 1.88 bits per heavy atom. The van der Waals surface area contributed by atoms with Crippen molar-refractivity contribution in [2.45, 2.75) is 43.8 Å². The zero-order valence-electron chi connectivity index (χ0n) is 10.3. The summed E-state index contributed by atoms with van der Waals surface area (Å²) < 4.78 is 0. The summed E-state index contributed by atoms with van der Waals surface area (Å²) in [5.74, 6) is 2.40. The standard InChI is InChI=1S/C13H26N2S/c1(2-12-3-4-12)7-14-10-11-16-13-5-8-15-9-6-13/h12-15H,1-11H2. The first-order valence-electron chi connectivity index (χ1n) is 6.98. The number of hydrogen-bond acceptors (Lipinski definition) is 3. The van der Waals surface area contributed by atoms with Crippen LogP contribution in [-0.4, -0.2) is 37.2 Å². The van der Waals surface area contributed by atoms with E-state index in [1.54, 1.807) is 0 Å². The summed E-state index contributed by atoms with van der Waals surface area (Å²) >= 11 is 2.17. The van der Waals surface area contributed by atoms with E-state index in [-0.39, 0.29) is 0 Å². The Kier molecular flexibility index (Phi) is 6.02. The van der Waals surface area contributed by atoms with Crippen LogP contribution in [-0.2, 0) is 0 Å². The second-order valence-electron chi connectivity index (χ2n) is 5.16. The van der Waals surface area contributed by atoms with Crippen LogP contribution in [0.3, 0.4) is 0 Å². The van der Waals surface area contributed by atoms with Crippen molar-refractivity contribution in [2.24, 2.45) is 5.92 Å². The SMILES string of the molecule is C(CNCCSC1CCNCC1)CC1CC1. The third kappa shape index (κ3) is 5.55. The highest BCUT2D eigenvalue weighted by molar-refractivity contribution is 7.99. The minimum absolute atomic E-state index is 0.925. The van der Waals surface area contributed by atoms with Gasteiger partial charge < -0.3 is 10.6 Å². The minimum Gasteiger partial charge on any atom is -0.317 e. The zero-order chi connectivity index (χ0) is 11.1. The lowest BCUT2D eigenvalue weighted by Crippen LogP contribution is -2.30. The van der Waals surface area contributed by atoms with Gasteiger partial charge in [-0.15, -0.1) is 0 Å². The number of rotatable bonds is 8. The Labute approximate surface area is 104 Å². The van der Waals surface area contributed by atoms with Crippen LogP contribution in [0.5, 0.6) is 0 Å². The average Bonchev–Trinajstić information content (AvgIpc) is 3.13. The largest absolute Gasteiger partial charge is 0.317 e. The van der Waals surface area contributed by atoms with E-state index in [0.29, 0.717) is 0 Å². The van der Waals surface area contributed by atoms with Gasteiger partial charge >= 0.3 is 0 Å². The molecule has 0 bridgehead atoms. The minimum atomic E-state index is 0.925. The van der Waals surface area contributed by atoms with Gasteiger partial charge in [0.05, 0.1) is 0 Å². The summed E-state index contributed by atoms with van der Waals surface area (Å²) in [6.07, 6.45) is 8.60. The molecule has 0 aromatic carbocycles. The molecule has 0 unspecified atom stereocenters. The molecule has 0 atom stereocenters. The summed E-state index contributed by atoms with van der Waals surface area (Å²) in [5, 5.41) is 7.92. The molecule has 0 spiro atoms. The van der Waals surface area contributed by atoms with Gasteiger partial charge in [-0.1, -0.05) is 12.8 Å². The third-order valence-electron chi connectivity index (χ3n) is 3.58. The first-order chi connectivity index (χ1) is 7.95. The highest BCUT2D eigenvalue weighted by Crippen LogP contribution is 2.33. The molecule has 16 heavy (non-hydrogen) atoms. The van der Waals surface area contributed by atoms with Gasteiger partial charge in [0.1, 0.15) is 0 Å². The molecular formula is C13H26N2S. The fraction of sp³-hybridized carbons (Fsp3) is 1.00. The molecule has 1 heterocycles. The Bertz CT molecular complexity index is 177. The Morgan fingerprint density at radius 3 is 2.62 bits per heavy atom. The normalized spacial score (nSPS) is 22.5. The summed E-state index contributed by atoms with van der Waals surface area (Å²) in [6, 6.07) is 0. The molecule has 2 rings (SSSR count). The van der Waals surface area contributed by atoms with Gasteiger partial charge in [0.15, 0.2) is 0 Å². The van der Waals surface area contributed by atoms with Crippen molar-refractivity contribution >= 4 is 11.8 Å². The van der Waals surface area contributed by atoms with Crippen LogP contribution in [0.25, 0.3) is 0 Å². The van der Waals surface area contributed by atoms with Crippen molar-refractivity contribution < 1.29 is 0 Å². The summed E-state index contributed by atoms with van der Waals surface area (Å²) in [7, 11) is 0. The summed E-state index contributed by atoms with van der Waals surface area (Å²) in [6.45, 7) is 4.90. The molecule has 3 heteroatoms. The first kappa shape index (κ1) is 12.7. The molecule has 2 N–H and O–H groups in total. The molecule has 0 aromatic heterocycles. The van der Waals surface area contributed by atoms with Gasteiger partial charge in [-0.05, 0) is 51.2 Å². The summed E-state index contributed by atoms with van der Waals surface area (Å²) in [5.41, 5.74) is 0. The van der Waals surface area contributed by atoms with Crippen LogP contribution in [0.1, 0.15) is 38.5 Å². The quantitative estimate of drug-likeness (QED) is 0.638. The maximum Gasteiger partial charge on any atom is 0.00716 e. The van der Waals surface area contributed by atoms with Crippen LogP contribution in [0, 0.1) is 5.92 Å². The Hall–Kier alpha value is 0.270. The van der Waals surface area contributed by atoms with Crippen LogP contribution in [0.4, 0.5) is 0 Å². The van der Waals surface area contributed by atoms with Gasteiger partial charge in [-0.2, -0.15) is 11.8 Å². The monoisotopic (exact) mass is 242 g/mol. The molecule has 2 fully saturated rings. The molecular weight excluding hydrogens is 216 g/mol. The van der Waals surface area contributed by atoms with Gasteiger partial charge in [-0.25, -0.2) is 0 Å². The second-order valence-corrected chi connectivity index (χ2v) is 6.56. The molecule has 1 aliphatic heterocycles. The molecule has 0 radical (unpaired) electrons. The lowest BCUT2D eigenvalue weighted by Gasteiger charge is -2.21.